The van der Waals surface area contributed by atoms with Crippen molar-refractivity contribution in [2.24, 2.45) is 5.41 Å². The zero-order valence-electron chi connectivity index (χ0n) is 11.2. The molecule has 1 N–H and O–H groups in total. The lowest BCUT2D eigenvalue weighted by atomic mass is 9.85. The van der Waals surface area contributed by atoms with Crippen molar-refractivity contribution in [3.8, 4) is 11.5 Å². The predicted molar refractivity (Wildman–Crippen MR) is 73.0 cm³/mol. The van der Waals surface area contributed by atoms with E-state index in [-0.39, 0.29) is 6.42 Å². The van der Waals surface area contributed by atoms with Crippen molar-refractivity contribution in [3.63, 3.8) is 0 Å². The molecule has 1 aliphatic rings. The third kappa shape index (κ3) is 2.58. The minimum absolute atomic E-state index is 0.187. The summed E-state index contributed by atoms with van der Waals surface area (Å²) in [5.74, 6) is -0.217. The summed E-state index contributed by atoms with van der Waals surface area (Å²) in [6.07, 6.45) is 0.831. The summed E-state index contributed by atoms with van der Waals surface area (Å²) in [5, 5.41) is 9.54. The largest absolute Gasteiger partial charge is 0.486 e. The molecule has 0 radical (unpaired) electrons. The lowest BCUT2D eigenvalue weighted by molar-refractivity contribution is -0.146. The number of carboxylic acid groups (broad SMARTS) is 1. The summed E-state index contributed by atoms with van der Waals surface area (Å²) in [5.41, 5.74) is -0.137. The van der Waals surface area contributed by atoms with E-state index in [2.05, 4.69) is 0 Å². The number of hydrogen-bond acceptors (Lipinski definition) is 4. The molecule has 1 aliphatic heterocycles. The molecule has 5 nitrogen and oxygen atoms in total. The summed E-state index contributed by atoms with van der Waals surface area (Å²) >= 11 is 6.17. The standard InChI is InChI=1S/C14H15ClO5/c1-14(2,13(17)18)6-9-10(15)5-8(7-16)11-12(9)20-4-3-19-11/h5,7H,3-4,6H2,1-2H3,(H,17,18). The van der Waals surface area contributed by atoms with Crippen LogP contribution in [-0.2, 0) is 11.2 Å². The first-order chi connectivity index (χ1) is 9.36. The number of rotatable bonds is 4. The normalized spacial score (nSPS) is 13.9. The first-order valence-electron chi connectivity index (χ1n) is 6.16. The van der Waals surface area contributed by atoms with Gasteiger partial charge in [0.15, 0.2) is 17.8 Å². The van der Waals surface area contributed by atoms with E-state index in [9.17, 15) is 14.7 Å². The third-order valence-electron chi connectivity index (χ3n) is 3.21. The molecular formula is C14H15ClO5. The molecule has 0 unspecified atom stereocenters. The smallest absolute Gasteiger partial charge is 0.309 e. The number of aliphatic carboxylic acids is 1. The lowest BCUT2D eigenvalue weighted by Gasteiger charge is -2.26. The molecule has 2 rings (SSSR count). The molecule has 0 saturated heterocycles. The number of aldehydes is 1. The topological polar surface area (TPSA) is 72.8 Å². The molecule has 0 aliphatic carbocycles. The minimum atomic E-state index is -0.999. The molecule has 0 atom stereocenters. The van der Waals surface area contributed by atoms with Crippen LogP contribution in [0.5, 0.6) is 11.5 Å². The van der Waals surface area contributed by atoms with Gasteiger partial charge in [-0.05, 0) is 26.3 Å². The Morgan fingerprint density at radius 1 is 1.40 bits per heavy atom. The first-order valence-corrected chi connectivity index (χ1v) is 6.54. The lowest BCUT2D eigenvalue weighted by Crippen LogP contribution is -2.27. The molecule has 1 aromatic carbocycles. The zero-order chi connectivity index (χ0) is 14.9. The van der Waals surface area contributed by atoms with Crippen LogP contribution in [0.4, 0.5) is 0 Å². The Hall–Kier alpha value is -1.75. The number of ether oxygens (including phenoxy) is 2. The molecule has 0 spiro atoms. The second kappa shape index (κ2) is 5.32. The van der Waals surface area contributed by atoms with Crippen LogP contribution >= 0.6 is 11.6 Å². The van der Waals surface area contributed by atoms with Gasteiger partial charge in [-0.2, -0.15) is 0 Å². The molecule has 1 aromatic rings. The van der Waals surface area contributed by atoms with E-state index in [0.29, 0.717) is 47.1 Å². The van der Waals surface area contributed by atoms with E-state index in [1.165, 1.54) is 6.07 Å². The van der Waals surface area contributed by atoms with Crippen LogP contribution in [-0.4, -0.2) is 30.6 Å². The Bertz CT molecular complexity index is 565. The first kappa shape index (κ1) is 14.7. The van der Waals surface area contributed by atoms with Gasteiger partial charge in [0.05, 0.1) is 11.0 Å². The molecule has 1 heterocycles. The van der Waals surface area contributed by atoms with E-state index in [1.54, 1.807) is 13.8 Å². The Morgan fingerprint density at radius 2 is 2.00 bits per heavy atom. The molecule has 0 saturated carbocycles. The van der Waals surface area contributed by atoms with Crippen LogP contribution in [0.1, 0.15) is 29.8 Å². The molecule has 0 fully saturated rings. The van der Waals surface area contributed by atoms with E-state index < -0.39 is 11.4 Å². The van der Waals surface area contributed by atoms with Crippen LogP contribution in [0.3, 0.4) is 0 Å². The summed E-state index contributed by atoms with van der Waals surface area (Å²) in [6.45, 7) is 3.90. The molecular weight excluding hydrogens is 284 g/mol. The van der Waals surface area contributed by atoms with Gasteiger partial charge >= 0.3 is 5.97 Å². The van der Waals surface area contributed by atoms with E-state index in [1.807, 2.05) is 0 Å². The average molecular weight is 299 g/mol. The number of fused-ring (bicyclic) bond motifs is 1. The zero-order valence-corrected chi connectivity index (χ0v) is 12.0. The maximum Gasteiger partial charge on any atom is 0.309 e. The van der Waals surface area contributed by atoms with Crippen molar-refractivity contribution in [2.45, 2.75) is 20.3 Å². The molecule has 0 aromatic heterocycles. The van der Waals surface area contributed by atoms with Gasteiger partial charge in [-0.15, -0.1) is 0 Å². The molecule has 20 heavy (non-hydrogen) atoms. The Morgan fingerprint density at radius 3 is 2.55 bits per heavy atom. The van der Waals surface area contributed by atoms with Crippen molar-refractivity contribution < 1.29 is 24.2 Å². The highest BCUT2D eigenvalue weighted by atomic mass is 35.5. The molecule has 6 heteroatoms. The van der Waals surface area contributed by atoms with Crippen molar-refractivity contribution in [1.29, 1.82) is 0 Å². The Balaban J connectivity index is 2.53. The van der Waals surface area contributed by atoms with E-state index in [0.717, 1.165) is 0 Å². The summed E-state index contributed by atoms with van der Waals surface area (Å²) in [6, 6.07) is 1.48. The van der Waals surface area contributed by atoms with Crippen molar-refractivity contribution in [1.82, 2.24) is 0 Å². The minimum Gasteiger partial charge on any atom is -0.486 e. The molecule has 0 amide bonds. The van der Waals surface area contributed by atoms with E-state index >= 15 is 0 Å². The number of carbonyl (C=O) groups is 2. The number of benzene rings is 1. The van der Waals surface area contributed by atoms with Crippen LogP contribution in [0.25, 0.3) is 0 Å². The number of halogens is 1. The van der Waals surface area contributed by atoms with Crippen LogP contribution < -0.4 is 9.47 Å². The van der Waals surface area contributed by atoms with Crippen LogP contribution in [0.2, 0.25) is 5.02 Å². The maximum absolute atomic E-state index is 11.3. The fourth-order valence-corrected chi connectivity index (χ4v) is 2.29. The summed E-state index contributed by atoms with van der Waals surface area (Å²) in [4.78, 5) is 22.3. The monoisotopic (exact) mass is 298 g/mol. The van der Waals surface area contributed by atoms with Gasteiger partial charge in [0, 0.05) is 10.6 Å². The van der Waals surface area contributed by atoms with Gasteiger partial charge in [0.25, 0.3) is 0 Å². The second-order valence-electron chi connectivity index (χ2n) is 5.27. The highest BCUT2D eigenvalue weighted by Gasteiger charge is 2.32. The van der Waals surface area contributed by atoms with Crippen LogP contribution in [0, 0.1) is 5.41 Å². The van der Waals surface area contributed by atoms with E-state index in [4.69, 9.17) is 21.1 Å². The van der Waals surface area contributed by atoms with Crippen molar-refractivity contribution >= 4 is 23.9 Å². The number of hydrogen-bond donors (Lipinski definition) is 1. The van der Waals surface area contributed by atoms with Crippen molar-refractivity contribution in [3.05, 3.63) is 22.2 Å². The summed E-state index contributed by atoms with van der Waals surface area (Å²) < 4.78 is 11.0. The average Bonchev–Trinajstić information content (AvgIpc) is 2.41. The third-order valence-corrected chi connectivity index (χ3v) is 3.55. The maximum atomic E-state index is 11.3. The highest BCUT2D eigenvalue weighted by molar-refractivity contribution is 6.32. The molecule has 0 bridgehead atoms. The fourth-order valence-electron chi connectivity index (χ4n) is 2.02. The SMILES string of the molecule is CC(C)(Cc1c(Cl)cc(C=O)c2c1OCCO2)C(=O)O. The predicted octanol–water partition coefficient (Wildman–Crippen LogP) is 2.58. The Kier molecular flexibility index (Phi) is 3.90. The van der Waals surface area contributed by atoms with Gasteiger partial charge in [-0.25, -0.2) is 0 Å². The van der Waals surface area contributed by atoms with Gasteiger partial charge in [0.1, 0.15) is 13.2 Å². The van der Waals surface area contributed by atoms with Gasteiger partial charge < -0.3 is 14.6 Å². The van der Waals surface area contributed by atoms with Crippen molar-refractivity contribution in [2.75, 3.05) is 13.2 Å². The van der Waals surface area contributed by atoms with Gasteiger partial charge in [-0.1, -0.05) is 11.6 Å². The highest BCUT2D eigenvalue weighted by Crippen LogP contribution is 2.43. The van der Waals surface area contributed by atoms with Gasteiger partial charge in [-0.3, -0.25) is 9.59 Å². The van der Waals surface area contributed by atoms with Gasteiger partial charge in [0.2, 0.25) is 0 Å². The van der Waals surface area contributed by atoms with Crippen LogP contribution in [0.15, 0.2) is 6.07 Å². The fraction of sp³-hybridized carbons (Fsp3) is 0.429. The second-order valence-corrected chi connectivity index (χ2v) is 5.67. The molecule has 108 valence electrons. The number of carbonyl (C=O) groups excluding carboxylic acids is 1. The Labute approximate surface area is 121 Å². The number of carboxylic acids is 1. The quantitative estimate of drug-likeness (QED) is 0.865. The summed E-state index contributed by atoms with van der Waals surface area (Å²) in [7, 11) is 0.